The van der Waals surface area contributed by atoms with Crippen LogP contribution in [0.4, 0.5) is 0 Å². The normalized spacial score (nSPS) is 26.3. The maximum atomic E-state index is 11.4. The second-order valence-electron chi connectivity index (χ2n) is 4.50. The van der Waals surface area contributed by atoms with Gasteiger partial charge in [-0.15, -0.1) is 0 Å². The fourth-order valence-corrected chi connectivity index (χ4v) is 2.25. The molecule has 15 heavy (non-hydrogen) atoms. The quantitative estimate of drug-likeness (QED) is 0.631. The summed E-state index contributed by atoms with van der Waals surface area (Å²) in [5.41, 5.74) is 0. The summed E-state index contributed by atoms with van der Waals surface area (Å²) >= 11 is 0. The van der Waals surface area contributed by atoms with E-state index in [2.05, 4.69) is 9.80 Å². The van der Waals surface area contributed by atoms with Crippen molar-refractivity contribution in [3.63, 3.8) is 0 Å². The fraction of sp³-hybridized carbons (Fsp3) is 0.909. The molecule has 4 heteroatoms. The van der Waals surface area contributed by atoms with Crippen molar-refractivity contribution in [1.82, 2.24) is 9.80 Å². The summed E-state index contributed by atoms with van der Waals surface area (Å²) in [7, 11) is 1.46. The highest BCUT2D eigenvalue weighted by Crippen LogP contribution is 2.27. The fourth-order valence-electron chi connectivity index (χ4n) is 2.25. The molecule has 0 spiro atoms. The minimum atomic E-state index is -0.116. The van der Waals surface area contributed by atoms with Crippen LogP contribution < -0.4 is 0 Å². The summed E-state index contributed by atoms with van der Waals surface area (Å²) in [4.78, 5) is 16.1. The van der Waals surface area contributed by atoms with Gasteiger partial charge in [0.05, 0.1) is 7.11 Å². The highest BCUT2D eigenvalue weighted by atomic mass is 16.5. The summed E-state index contributed by atoms with van der Waals surface area (Å²) in [5.74, 6) is -0.116. The predicted octanol–water partition coefficient (Wildman–Crippen LogP) is 0.328. The lowest BCUT2D eigenvalue weighted by Crippen LogP contribution is -2.52. The van der Waals surface area contributed by atoms with E-state index in [0.29, 0.717) is 0 Å². The van der Waals surface area contributed by atoms with Crippen molar-refractivity contribution in [2.24, 2.45) is 0 Å². The average Bonchev–Trinajstić information content (AvgIpc) is 3.11. The molecule has 1 saturated carbocycles. The first-order valence-electron chi connectivity index (χ1n) is 5.78. The Balaban J connectivity index is 1.79. The Morgan fingerprint density at radius 2 is 1.87 bits per heavy atom. The van der Waals surface area contributed by atoms with Crippen molar-refractivity contribution < 1.29 is 9.53 Å². The maximum absolute atomic E-state index is 11.4. The molecule has 4 nitrogen and oxygen atoms in total. The van der Waals surface area contributed by atoms with Crippen molar-refractivity contribution in [3.05, 3.63) is 0 Å². The number of nitrogens with zero attached hydrogens (tertiary/aromatic N) is 2. The number of methoxy groups -OCH3 is 1. The van der Waals surface area contributed by atoms with Gasteiger partial charge in [0.15, 0.2) is 0 Å². The van der Waals surface area contributed by atoms with Crippen molar-refractivity contribution in [2.75, 3.05) is 33.3 Å². The minimum absolute atomic E-state index is 0.0867. The van der Waals surface area contributed by atoms with Crippen LogP contribution in [0, 0.1) is 0 Å². The largest absolute Gasteiger partial charge is 0.468 e. The average molecular weight is 212 g/mol. The molecule has 86 valence electrons. The van der Waals surface area contributed by atoms with Gasteiger partial charge in [0, 0.05) is 32.2 Å². The van der Waals surface area contributed by atoms with Crippen LogP contribution in [0.2, 0.25) is 0 Å². The Bertz CT molecular complexity index is 233. The molecule has 1 aliphatic carbocycles. The van der Waals surface area contributed by atoms with E-state index in [9.17, 15) is 4.79 Å². The topological polar surface area (TPSA) is 32.8 Å². The van der Waals surface area contributed by atoms with Gasteiger partial charge in [-0.2, -0.15) is 0 Å². The highest BCUT2D eigenvalue weighted by molar-refractivity contribution is 5.75. The lowest BCUT2D eigenvalue weighted by molar-refractivity contribution is -0.147. The Kier molecular flexibility index (Phi) is 3.26. The number of esters is 1. The second kappa shape index (κ2) is 4.49. The first-order valence-corrected chi connectivity index (χ1v) is 5.78. The summed E-state index contributed by atoms with van der Waals surface area (Å²) in [6.45, 7) is 6.12. The summed E-state index contributed by atoms with van der Waals surface area (Å²) in [5, 5.41) is 0. The van der Waals surface area contributed by atoms with E-state index >= 15 is 0 Å². The number of hydrogen-bond donors (Lipinski definition) is 0. The van der Waals surface area contributed by atoms with E-state index in [0.717, 1.165) is 32.2 Å². The van der Waals surface area contributed by atoms with Crippen molar-refractivity contribution in [2.45, 2.75) is 31.8 Å². The molecule has 0 N–H and O–H groups in total. The van der Waals surface area contributed by atoms with Crippen LogP contribution in [0.1, 0.15) is 19.8 Å². The first-order chi connectivity index (χ1) is 7.22. The van der Waals surface area contributed by atoms with Crippen LogP contribution in [-0.4, -0.2) is 61.1 Å². The van der Waals surface area contributed by atoms with Gasteiger partial charge in [-0.3, -0.25) is 14.6 Å². The third kappa shape index (κ3) is 2.49. The predicted molar refractivity (Wildman–Crippen MR) is 57.6 cm³/mol. The standard InChI is InChI=1S/C11H20N2O2/c1-9(11(14)15-2)12-5-7-13(8-6-12)10-3-4-10/h9-10H,3-8H2,1-2H3. The second-order valence-corrected chi connectivity index (χ2v) is 4.50. The Labute approximate surface area is 91.2 Å². The maximum Gasteiger partial charge on any atom is 0.322 e. The smallest absolute Gasteiger partial charge is 0.322 e. The molecule has 1 aliphatic heterocycles. The van der Waals surface area contributed by atoms with Gasteiger partial charge in [-0.05, 0) is 19.8 Å². The lowest BCUT2D eigenvalue weighted by atomic mass is 10.2. The zero-order valence-corrected chi connectivity index (χ0v) is 9.61. The first kappa shape index (κ1) is 10.9. The summed E-state index contributed by atoms with van der Waals surface area (Å²) in [6.07, 6.45) is 2.74. The molecule has 0 radical (unpaired) electrons. The third-order valence-electron chi connectivity index (χ3n) is 3.50. The van der Waals surface area contributed by atoms with E-state index in [4.69, 9.17) is 4.74 Å². The van der Waals surface area contributed by atoms with Gasteiger partial charge in [-0.25, -0.2) is 0 Å². The molecule has 1 heterocycles. The van der Waals surface area contributed by atoms with Gasteiger partial charge in [0.2, 0.25) is 0 Å². The summed E-state index contributed by atoms with van der Waals surface area (Å²) in [6, 6.07) is 0.761. The van der Waals surface area contributed by atoms with Crippen LogP contribution in [0.3, 0.4) is 0 Å². The van der Waals surface area contributed by atoms with Gasteiger partial charge >= 0.3 is 5.97 Å². The van der Waals surface area contributed by atoms with Crippen LogP contribution >= 0.6 is 0 Å². The number of piperazine rings is 1. The van der Waals surface area contributed by atoms with Gasteiger partial charge in [0.1, 0.15) is 6.04 Å². The third-order valence-corrected chi connectivity index (χ3v) is 3.50. The zero-order valence-electron chi connectivity index (χ0n) is 9.61. The molecule has 1 unspecified atom stereocenters. The van der Waals surface area contributed by atoms with Crippen molar-refractivity contribution in [1.29, 1.82) is 0 Å². The molecule has 1 atom stereocenters. The van der Waals surface area contributed by atoms with E-state index in [-0.39, 0.29) is 12.0 Å². The molecule has 2 aliphatic rings. The molecule has 0 aromatic rings. The Morgan fingerprint density at radius 1 is 1.27 bits per heavy atom. The number of ether oxygens (including phenoxy) is 1. The zero-order chi connectivity index (χ0) is 10.8. The van der Waals surface area contributed by atoms with Gasteiger partial charge < -0.3 is 4.74 Å². The highest BCUT2D eigenvalue weighted by Gasteiger charge is 2.33. The van der Waals surface area contributed by atoms with E-state index < -0.39 is 0 Å². The molecule has 1 saturated heterocycles. The minimum Gasteiger partial charge on any atom is -0.468 e. The molecule has 2 rings (SSSR count). The molecule has 2 fully saturated rings. The van der Waals surface area contributed by atoms with Gasteiger partial charge in [-0.1, -0.05) is 0 Å². The molecule has 0 bridgehead atoms. The Morgan fingerprint density at radius 3 is 2.33 bits per heavy atom. The van der Waals surface area contributed by atoms with E-state index in [1.165, 1.54) is 20.0 Å². The summed E-state index contributed by atoms with van der Waals surface area (Å²) < 4.78 is 4.76. The van der Waals surface area contributed by atoms with Crippen LogP contribution in [0.15, 0.2) is 0 Å². The van der Waals surface area contributed by atoms with E-state index in [1.54, 1.807) is 0 Å². The van der Waals surface area contributed by atoms with Crippen LogP contribution in [0.5, 0.6) is 0 Å². The number of carbonyl (C=O) groups excluding carboxylic acids is 1. The number of hydrogen-bond acceptors (Lipinski definition) is 4. The molecule has 0 aromatic heterocycles. The van der Waals surface area contributed by atoms with E-state index in [1.807, 2.05) is 6.92 Å². The lowest BCUT2D eigenvalue weighted by Gasteiger charge is -2.37. The number of rotatable bonds is 3. The van der Waals surface area contributed by atoms with Crippen molar-refractivity contribution >= 4 is 5.97 Å². The molecular formula is C11H20N2O2. The molecule has 0 amide bonds. The van der Waals surface area contributed by atoms with Crippen molar-refractivity contribution in [3.8, 4) is 0 Å². The molecular weight excluding hydrogens is 192 g/mol. The van der Waals surface area contributed by atoms with Crippen LogP contribution in [-0.2, 0) is 9.53 Å². The molecule has 0 aromatic carbocycles. The SMILES string of the molecule is COC(=O)C(C)N1CCN(C2CC2)CC1. The van der Waals surface area contributed by atoms with Crippen LogP contribution in [0.25, 0.3) is 0 Å². The Hall–Kier alpha value is -0.610. The number of carbonyl (C=O) groups is 1. The van der Waals surface area contributed by atoms with Gasteiger partial charge in [0.25, 0.3) is 0 Å². The monoisotopic (exact) mass is 212 g/mol.